The molecule has 0 bridgehead atoms. The first-order valence-electron chi connectivity index (χ1n) is 9.19. The summed E-state index contributed by atoms with van der Waals surface area (Å²) in [5.41, 5.74) is 1.40. The fourth-order valence-electron chi connectivity index (χ4n) is 3.45. The van der Waals surface area contributed by atoms with Gasteiger partial charge < -0.3 is 19.9 Å². The van der Waals surface area contributed by atoms with E-state index in [-0.39, 0.29) is 10.8 Å². The van der Waals surface area contributed by atoms with Gasteiger partial charge in [-0.05, 0) is 24.3 Å². The molecule has 0 unspecified atom stereocenters. The van der Waals surface area contributed by atoms with E-state index < -0.39 is 9.84 Å². The highest BCUT2D eigenvalue weighted by Crippen LogP contribution is 2.27. The molecule has 1 saturated heterocycles. The summed E-state index contributed by atoms with van der Waals surface area (Å²) in [6, 6.07) is 14.4. The van der Waals surface area contributed by atoms with Gasteiger partial charge in [-0.15, -0.1) is 0 Å². The first-order chi connectivity index (χ1) is 13.4. The summed E-state index contributed by atoms with van der Waals surface area (Å²) >= 11 is 0. The number of benzene rings is 2. The SMILES string of the molecule is COc1ccccc1N1CC[NH+](CC(=O)Nc2ccccc2S(C)(=O)=O)CC1. The molecule has 1 heterocycles. The lowest BCUT2D eigenvalue weighted by Gasteiger charge is -2.34. The van der Waals surface area contributed by atoms with Crippen LogP contribution in [0.4, 0.5) is 11.4 Å². The van der Waals surface area contributed by atoms with Gasteiger partial charge in [-0.3, -0.25) is 4.79 Å². The van der Waals surface area contributed by atoms with Crippen molar-refractivity contribution in [3.05, 3.63) is 48.5 Å². The van der Waals surface area contributed by atoms with Crippen LogP contribution in [0.5, 0.6) is 5.75 Å². The van der Waals surface area contributed by atoms with Crippen molar-refractivity contribution in [2.75, 3.05) is 56.3 Å². The summed E-state index contributed by atoms with van der Waals surface area (Å²) in [5, 5.41) is 2.75. The Morgan fingerprint density at radius 2 is 1.75 bits per heavy atom. The van der Waals surface area contributed by atoms with Crippen molar-refractivity contribution >= 4 is 27.1 Å². The molecule has 2 aromatic carbocycles. The van der Waals surface area contributed by atoms with Crippen molar-refractivity contribution in [2.24, 2.45) is 0 Å². The Bertz CT molecular complexity index is 938. The lowest BCUT2D eigenvalue weighted by molar-refractivity contribution is -0.892. The third-order valence-electron chi connectivity index (χ3n) is 4.87. The molecule has 1 amide bonds. The van der Waals surface area contributed by atoms with Crippen molar-refractivity contribution in [2.45, 2.75) is 4.90 Å². The molecule has 1 aliphatic rings. The number of ether oxygens (including phenoxy) is 1. The van der Waals surface area contributed by atoms with E-state index in [0.29, 0.717) is 12.2 Å². The minimum absolute atomic E-state index is 0.138. The molecule has 2 N–H and O–H groups in total. The standard InChI is InChI=1S/C20H25N3O4S/c1-27-18-9-5-4-8-17(18)23-13-11-22(12-14-23)15-20(24)21-16-7-3-6-10-19(16)28(2,25)26/h3-10H,11-15H2,1-2H3,(H,21,24)/p+1. The van der Waals surface area contributed by atoms with Crippen LogP contribution in [0.3, 0.4) is 0 Å². The number of hydrogen-bond donors (Lipinski definition) is 2. The molecular weight excluding hydrogens is 378 g/mol. The lowest BCUT2D eigenvalue weighted by Crippen LogP contribution is -3.15. The van der Waals surface area contributed by atoms with E-state index in [1.54, 1.807) is 25.3 Å². The van der Waals surface area contributed by atoms with E-state index in [1.165, 1.54) is 11.0 Å². The smallest absolute Gasteiger partial charge is 0.279 e. The van der Waals surface area contributed by atoms with Crippen LogP contribution < -0.4 is 19.9 Å². The number of quaternary nitrogens is 1. The first-order valence-corrected chi connectivity index (χ1v) is 11.1. The predicted octanol–water partition coefficient (Wildman–Crippen LogP) is 0.442. The Morgan fingerprint density at radius 1 is 1.11 bits per heavy atom. The zero-order chi connectivity index (χ0) is 20.1. The number of anilines is 2. The van der Waals surface area contributed by atoms with Crippen molar-refractivity contribution in [3.63, 3.8) is 0 Å². The van der Waals surface area contributed by atoms with E-state index in [9.17, 15) is 13.2 Å². The van der Waals surface area contributed by atoms with E-state index in [0.717, 1.165) is 43.9 Å². The van der Waals surface area contributed by atoms with Gasteiger partial charge in [-0.25, -0.2) is 8.42 Å². The minimum atomic E-state index is -3.40. The van der Waals surface area contributed by atoms with Crippen molar-refractivity contribution in [3.8, 4) is 5.75 Å². The number of carbonyl (C=O) groups excluding carboxylic acids is 1. The Kier molecular flexibility index (Phi) is 6.21. The van der Waals surface area contributed by atoms with Crippen molar-refractivity contribution in [1.82, 2.24) is 0 Å². The molecular formula is C20H26N3O4S+. The molecule has 2 aromatic rings. The molecule has 0 spiro atoms. The van der Waals surface area contributed by atoms with Crippen LogP contribution >= 0.6 is 0 Å². The summed E-state index contributed by atoms with van der Waals surface area (Å²) < 4.78 is 29.2. The van der Waals surface area contributed by atoms with Crippen LogP contribution in [0, 0.1) is 0 Å². The number of nitrogens with one attached hydrogen (secondary N) is 2. The quantitative estimate of drug-likeness (QED) is 0.731. The number of methoxy groups -OCH3 is 1. The van der Waals surface area contributed by atoms with E-state index >= 15 is 0 Å². The minimum Gasteiger partial charge on any atom is -0.495 e. The molecule has 0 saturated carbocycles. The van der Waals surface area contributed by atoms with Gasteiger partial charge in [0.2, 0.25) is 0 Å². The molecule has 28 heavy (non-hydrogen) atoms. The van der Waals surface area contributed by atoms with Gasteiger partial charge >= 0.3 is 0 Å². The van der Waals surface area contributed by atoms with Crippen LogP contribution in [0.15, 0.2) is 53.4 Å². The highest BCUT2D eigenvalue weighted by Gasteiger charge is 2.24. The third-order valence-corrected chi connectivity index (χ3v) is 6.02. The Hall–Kier alpha value is -2.58. The Labute approximate surface area is 165 Å². The maximum Gasteiger partial charge on any atom is 0.279 e. The average molecular weight is 405 g/mol. The largest absolute Gasteiger partial charge is 0.495 e. The molecule has 8 heteroatoms. The maximum absolute atomic E-state index is 12.5. The summed E-state index contributed by atoms with van der Waals surface area (Å²) in [7, 11) is -1.73. The summed E-state index contributed by atoms with van der Waals surface area (Å²) in [6.07, 6.45) is 1.14. The molecule has 0 aromatic heterocycles. The lowest BCUT2D eigenvalue weighted by atomic mass is 10.2. The van der Waals surface area contributed by atoms with Gasteiger partial charge in [-0.1, -0.05) is 24.3 Å². The normalized spacial score (nSPS) is 15.3. The summed E-state index contributed by atoms with van der Waals surface area (Å²) in [4.78, 5) is 16.0. The highest BCUT2D eigenvalue weighted by molar-refractivity contribution is 7.90. The van der Waals surface area contributed by atoms with Gasteiger partial charge in [-0.2, -0.15) is 0 Å². The summed E-state index contributed by atoms with van der Waals surface area (Å²) in [5.74, 6) is 0.665. The number of carbonyl (C=O) groups is 1. The van der Waals surface area contributed by atoms with Crippen molar-refractivity contribution < 1.29 is 22.8 Å². The molecule has 3 rings (SSSR count). The van der Waals surface area contributed by atoms with E-state index in [4.69, 9.17) is 4.74 Å². The Morgan fingerprint density at radius 3 is 2.43 bits per heavy atom. The second kappa shape index (κ2) is 8.62. The topological polar surface area (TPSA) is 80.2 Å². The average Bonchev–Trinajstić information content (AvgIpc) is 2.68. The number of rotatable bonds is 6. The van der Waals surface area contributed by atoms with E-state index in [2.05, 4.69) is 10.2 Å². The van der Waals surface area contributed by atoms with Crippen LogP contribution in [0.2, 0.25) is 0 Å². The predicted molar refractivity (Wildman–Crippen MR) is 109 cm³/mol. The van der Waals surface area contributed by atoms with Gasteiger partial charge in [0.05, 0.1) is 49.6 Å². The fourth-order valence-corrected chi connectivity index (χ4v) is 4.29. The fraction of sp³-hybridized carbons (Fsp3) is 0.350. The first kappa shape index (κ1) is 20.2. The van der Waals surface area contributed by atoms with E-state index in [1.807, 2.05) is 24.3 Å². The monoisotopic (exact) mass is 404 g/mol. The second-order valence-corrected chi connectivity index (χ2v) is 8.89. The maximum atomic E-state index is 12.5. The second-order valence-electron chi connectivity index (χ2n) is 6.90. The van der Waals surface area contributed by atoms with Crippen LogP contribution in [-0.2, 0) is 14.6 Å². The number of amides is 1. The third kappa shape index (κ3) is 4.82. The van der Waals surface area contributed by atoms with Crippen LogP contribution in [0.25, 0.3) is 0 Å². The van der Waals surface area contributed by atoms with Crippen LogP contribution in [-0.4, -0.2) is 60.4 Å². The number of piperazine rings is 1. The van der Waals surface area contributed by atoms with Gasteiger partial charge in [0.1, 0.15) is 5.75 Å². The molecule has 1 aliphatic heterocycles. The molecule has 0 aliphatic carbocycles. The Balaban J connectivity index is 1.58. The molecule has 0 radical (unpaired) electrons. The van der Waals surface area contributed by atoms with Gasteiger partial charge in [0, 0.05) is 6.26 Å². The van der Waals surface area contributed by atoms with Gasteiger partial charge in [0.15, 0.2) is 16.4 Å². The van der Waals surface area contributed by atoms with Crippen LogP contribution in [0.1, 0.15) is 0 Å². The number of para-hydroxylation sites is 3. The van der Waals surface area contributed by atoms with Crippen molar-refractivity contribution in [1.29, 1.82) is 0 Å². The number of hydrogen-bond acceptors (Lipinski definition) is 5. The molecule has 150 valence electrons. The summed E-state index contributed by atoms with van der Waals surface area (Å²) in [6.45, 7) is 3.59. The molecule has 0 atom stereocenters. The zero-order valence-corrected chi connectivity index (χ0v) is 17.0. The zero-order valence-electron chi connectivity index (χ0n) is 16.1. The highest BCUT2D eigenvalue weighted by atomic mass is 32.2. The number of nitrogens with zero attached hydrogens (tertiary/aromatic N) is 1. The number of sulfone groups is 1. The molecule has 1 fully saturated rings. The van der Waals surface area contributed by atoms with Gasteiger partial charge in [0.25, 0.3) is 5.91 Å². The molecule has 7 nitrogen and oxygen atoms in total.